The fourth-order valence-corrected chi connectivity index (χ4v) is 9.88. The summed E-state index contributed by atoms with van der Waals surface area (Å²) < 4.78 is 0. The Kier molecular flexibility index (Phi) is 2.17. The molecule has 0 atom stereocenters. The van der Waals surface area contributed by atoms with E-state index in [9.17, 15) is 0 Å². The van der Waals surface area contributed by atoms with E-state index in [4.69, 9.17) is 0 Å². The molecule has 1 heteroatoms. The lowest BCUT2D eigenvalue weighted by molar-refractivity contribution is 1.35. The summed E-state index contributed by atoms with van der Waals surface area (Å²) in [5.74, 6) is 0. The van der Waals surface area contributed by atoms with Crippen LogP contribution in [-0.2, 0) is 12.1 Å². The van der Waals surface area contributed by atoms with E-state index in [2.05, 4.69) is 72.8 Å². The molecule has 0 saturated carbocycles. The molecule has 2 aliphatic rings. The molecule has 0 fully saturated rings. The molecule has 0 amide bonds. The van der Waals surface area contributed by atoms with E-state index in [0.717, 1.165) is 0 Å². The first-order valence-electron chi connectivity index (χ1n) is 7.65. The molecule has 0 unspecified atom stereocenters. The highest BCUT2D eigenvalue weighted by Gasteiger charge is 2.48. The highest BCUT2D eigenvalue weighted by atomic mass is 28.3. The molecule has 1 spiro atoms. The lowest BCUT2D eigenvalue weighted by Gasteiger charge is -2.23. The van der Waals surface area contributed by atoms with Gasteiger partial charge in [-0.15, -0.1) is 0 Å². The second-order valence-electron chi connectivity index (χ2n) is 6.30. The molecule has 0 radical (unpaired) electrons. The quantitative estimate of drug-likeness (QED) is 0.557. The summed E-state index contributed by atoms with van der Waals surface area (Å²) in [4.78, 5) is 0. The third-order valence-electron chi connectivity index (χ3n) is 5.28. The molecule has 0 saturated heterocycles. The van der Waals surface area contributed by atoms with Crippen molar-refractivity contribution in [1.82, 2.24) is 0 Å². The predicted molar refractivity (Wildman–Crippen MR) is 90.8 cm³/mol. The molecule has 21 heavy (non-hydrogen) atoms. The normalized spacial score (nSPS) is 16.6. The number of hydrogen-bond acceptors (Lipinski definition) is 0. The monoisotopic (exact) mass is 284 g/mol. The van der Waals surface area contributed by atoms with Gasteiger partial charge in [-0.2, -0.15) is 0 Å². The van der Waals surface area contributed by atoms with Crippen LogP contribution in [0.3, 0.4) is 0 Å². The van der Waals surface area contributed by atoms with Crippen LogP contribution in [0, 0.1) is 0 Å². The number of hydrogen-bond donors (Lipinski definition) is 0. The molecule has 3 aromatic carbocycles. The van der Waals surface area contributed by atoms with Crippen LogP contribution in [-0.4, -0.2) is 8.07 Å². The zero-order valence-electron chi connectivity index (χ0n) is 11.8. The summed E-state index contributed by atoms with van der Waals surface area (Å²) in [6.07, 6.45) is 0. The minimum absolute atomic E-state index is 1.27. The highest BCUT2D eigenvalue weighted by Crippen LogP contribution is 2.36. The van der Waals surface area contributed by atoms with Gasteiger partial charge in [0.25, 0.3) is 0 Å². The van der Waals surface area contributed by atoms with Crippen molar-refractivity contribution >= 4 is 18.4 Å². The third-order valence-corrected chi connectivity index (χ3v) is 10.2. The van der Waals surface area contributed by atoms with Gasteiger partial charge >= 0.3 is 0 Å². The lowest BCUT2D eigenvalue weighted by atomic mass is 10.1. The van der Waals surface area contributed by atoms with Gasteiger partial charge in [0.05, 0.1) is 0 Å². The van der Waals surface area contributed by atoms with Crippen LogP contribution in [0.1, 0.15) is 11.1 Å². The zero-order valence-corrected chi connectivity index (χ0v) is 12.8. The smallest absolute Gasteiger partial charge is 0.0623 e. The van der Waals surface area contributed by atoms with Gasteiger partial charge in [-0.3, -0.25) is 0 Å². The van der Waals surface area contributed by atoms with Crippen molar-refractivity contribution in [2.45, 2.75) is 12.1 Å². The molecule has 0 nitrogen and oxygen atoms in total. The molecule has 0 N–H and O–H groups in total. The summed E-state index contributed by atoms with van der Waals surface area (Å²) >= 11 is 0. The van der Waals surface area contributed by atoms with Crippen LogP contribution in [0.25, 0.3) is 11.1 Å². The van der Waals surface area contributed by atoms with Crippen molar-refractivity contribution in [3.63, 3.8) is 0 Å². The van der Waals surface area contributed by atoms with E-state index in [0.29, 0.717) is 0 Å². The van der Waals surface area contributed by atoms with E-state index in [1.54, 1.807) is 21.5 Å². The molecule has 100 valence electrons. The van der Waals surface area contributed by atoms with Crippen molar-refractivity contribution in [3.05, 3.63) is 83.9 Å². The largest absolute Gasteiger partial charge is 0.128 e. The Balaban J connectivity index is 1.82. The molecule has 0 bridgehead atoms. The second-order valence-corrected chi connectivity index (χ2v) is 10.2. The van der Waals surface area contributed by atoms with Crippen LogP contribution in [0.5, 0.6) is 0 Å². The maximum Gasteiger partial charge on any atom is 0.128 e. The van der Waals surface area contributed by atoms with Gasteiger partial charge in [0.2, 0.25) is 0 Å². The number of benzene rings is 3. The molecule has 0 aliphatic carbocycles. The van der Waals surface area contributed by atoms with Crippen LogP contribution < -0.4 is 10.4 Å². The minimum Gasteiger partial charge on any atom is -0.0623 e. The molecular weight excluding hydrogens is 268 g/mol. The van der Waals surface area contributed by atoms with Gasteiger partial charge in [-0.1, -0.05) is 72.8 Å². The van der Waals surface area contributed by atoms with Crippen LogP contribution >= 0.6 is 0 Å². The van der Waals surface area contributed by atoms with E-state index < -0.39 is 8.07 Å². The van der Waals surface area contributed by atoms with E-state index in [-0.39, 0.29) is 0 Å². The third kappa shape index (κ3) is 1.39. The van der Waals surface area contributed by atoms with E-state index in [1.165, 1.54) is 23.2 Å². The van der Waals surface area contributed by atoms with Crippen molar-refractivity contribution in [1.29, 1.82) is 0 Å². The summed E-state index contributed by atoms with van der Waals surface area (Å²) in [5.41, 5.74) is 6.14. The van der Waals surface area contributed by atoms with Gasteiger partial charge < -0.3 is 0 Å². The number of fused-ring (bicyclic) bond motifs is 6. The van der Waals surface area contributed by atoms with Gasteiger partial charge in [-0.05, 0) is 44.7 Å². The zero-order chi connectivity index (χ0) is 13.9. The van der Waals surface area contributed by atoms with Crippen LogP contribution in [0.15, 0.2) is 72.8 Å². The summed E-state index contributed by atoms with van der Waals surface area (Å²) in [6.45, 7) is 0. The maximum atomic E-state index is 2.40. The van der Waals surface area contributed by atoms with Crippen LogP contribution in [0.4, 0.5) is 0 Å². The number of rotatable bonds is 0. The highest BCUT2D eigenvalue weighted by molar-refractivity contribution is 7.05. The van der Waals surface area contributed by atoms with Gasteiger partial charge in [0.1, 0.15) is 8.07 Å². The topological polar surface area (TPSA) is 0 Å². The summed E-state index contributed by atoms with van der Waals surface area (Å²) in [5, 5.41) is 3.31. The molecule has 2 heterocycles. The van der Waals surface area contributed by atoms with Gasteiger partial charge in [0.15, 0.2) is 0 Å². The Bertz CT molecular complexity index is 790. The summed E-state index contributed by atoms with van der Waals surface area (Å²) in [7, 11) is -1.62. The standard InChI is InChI=1S/C20H16Si/c1-2-8-16-14-21(13-15(16)7-1)19-11-5-3-9-17(19)18-10-4-6-12-20(18)21/h1-12H,13-14H2. The molecule has 3 aromatic rings. The first-order chi connectivity index (χ1) is 10.4. The average Bonchev–Trinajstić information content (AvgIpc) is 3.06. The minimum atomic E-state index is -1.62. The molecule has 5 rings (SSSR count). The lowest BCUT2D eigenvalue weighted by Crippen LogP contribution is -2.57. The molecular formula is C20H16Si. The van der Waals surface area contributed by atoms with E-state index >= 15 is 0 Å². The van der Waals surface area contributed by atoms with E-state index in [1.807, 2.05) is 0 Å². The van der Waals surface area contributed by atoms with Crippen LogP contribution in [0.2, 0.25) is 0 Å². The average molecular weight is 284 g/mol. The Hall–Kier alpha value is -2.12. The van der Waals surface area contributed by atoms with Gasteiger partial charge in [-0.25, -0.2) is 0 Å². The van der Waals surface area contributed by atoms with Crippen molar-refractivity contribution in [2.75, 3.05) is 0 Å². The fourth-order valence-electron chi connectivity index (χ4n) is 4.41. The first kappa shape index (κ1) is 11.5. The van der Waals surface area contributed by atoms with Crippen molar-refractivity contribution < 1.29 is 0 Å². The Morgan fingerprint density at radius 1 is 0.524 bits per heavy atom. The molecule has 0 aromatic heterocycles. The molecule has 2 aliphatic heterocycles. The van der Waals surface area contributed by atoms with Crippen molar-refractivity contribution in [3.8, 4) is 11.1 Å². The predicted octanol–water partition coefficient (Wildman–Crippen LogP) is 3.11. The maximum absolute atomic E-state index is 2.40. The van der Waals surface area contributed by atoms with Gasteiger partial charge in [0, 0.05) is 0 Å². The fraction of sp³-hybridized carbons (Fsp3) is 0.100. The SMILES string of the molecule is c1ccc2c(c1)C[Si]1(C2)c2ccccc2-c2ccccc21. The Labute approximate surface area is 126 Å². The second kappa shape index (κ2) is 3.96. The first-order valence-corrected chi connectivity index (χ1v) is 10.1. The van der Waals surface area contributed by atoms with Crippen molar-refractivity contribution in [2.24, 2.45) is 0 Å². The Morgan fingerprint density at radius 2 is 0.952 bits per heavy atom. The Morgan fingerprint density at radius 3 is 1.48 bits per heavy atom. The summed E-state index contributed by atoms with van der Waals surface area (Å²) in [6, 6.07) is 29.9.